The van der Waals surface area contributed by atoms with Gasteiger partial charge in [0.15, 0.2) is 5.11 Å². The fourth-order valence-electron chi connectivity index (χ4n) is 3.15. The summed E-state index contributed by atoms with van der Waals surface area (Å²) >= 11 is 7.25. The van der Waals surface area contributed by atoms with E-state index in [2.05, 4.69) is 28.4 Å². The van der Waals surface area contributed by atoms with Gasteiger partial charge in [-0.25, -0.2) is 9.37 Å². The van der Waals surface area contributed by atoms with E-state index in [1.807, 2.05) is 6.07 Å². The van der Waals surface area contributed by atoms with Gasteiger partial charge >= 0.3 is 0 Å². The lowest BCUT2D eigenvalue weighted by Gasteiger charge is -2.33. The highest BCUT2D eigenvalue weighted by molar-refractivity contribution is 7.80. The molecule has 2 aromatic carbocycles. The zero-order valence-electron chi connectivity index (χ0n) is 13.6. The SMILES string of the molecule is Fc1ccccc1NC(=S)N1CCC(c2nc3ccccc3s2)CC1. The first-order valence-electron chi connectivity index (χ1n) is 8.36. The van der Waals surface area contributed by atoms with E-state index < -0.39 is 0 Å². The van der Waals surface area contributed by atoms with Crippen LogP contribution in [0.4, 0.5) is 10.1 Å². The third kappa shape index (κ3) is 3.50. The number of rotatable bonds is 2. The summed E-state index contributed by atoms with van der Waals surface area (Å²) in [6, 6.07) is 14.9. The van der Waals surface area contributed by atoms with Crippen molar-refractivity contribution in [1.29, 1.82) is 0 Å². The Balaban J connectivity index is 1.39. The summed E-state index contributed by atoms with van der Waals surface area (Å²) in [5, 5.41) is 4.83. The number of anilines is 1. The van der Waals surface area contributed by atoms with E-state index >= 15 is 0 Å². The zero-order chi connectivity index (χ0) is 17.2. The van der Waals surface area contributed by atoms with Crippen LogP contribution in [0.3, 0.4) is 0 Å². The molecule has 0 bridgehead atoms. The molecule has 0 aliphatic carbocycles. The van der Waals surface area contributed by atoms with E-state index in [4.69, 9.17) is 17.2 Å². The molecule has 25 heavy (non-hydrogen) atoms. The van der Waals surface area contributed by atoms with Gasteiger partial charge in [-0.05, 0) is 49.3 Å². The molecule has 3 nitrogen and oxygen atoms in total. The highest BCUT2D eigenvalue weighted by atomic mass is 32.1. The average molecular weight is 372 g/mol. The molecule has 0 amide bonds. The minimum atomic E-state index is -0.283. The molecule has 3 aromatic rings. The third-order valence-electron chi connectivity index (χ3n) is 4.56. The van der Waals surface area contributed by atoms with Crippen molar-refractivity contribution in [2.45, 2.75) is 18.8 Å². The zero-order valence-corrected chi connectivity index (χ0v) is 15.2. The maximum Gasteiger partial charge on any atom is 0.173 e. The van der Waals surface area contributed by atoms with Crippen LogP contribution in [0.15, 0.2) is 48.5 Å². The molecule has 1 aromatic heterocycles. The summed E-state index contributed by atoms with van der Waals surface area (Å²) in [6.07, 6.45) is 2.03. The molecule has 1 aliphatic rings. The number of thiazole rings is 1. The summed E-state index contributed by atoms with van der Waals surface area (Å²) in [4.78, 5) is 6.90. The molecule has 0 radical (unpaired) electrons. The van der Waals surface area contributed by atoms with Gasteiger partial charge in [0.1, 0.15) is 5.82 Å². The van der Waals surface area contributed by atoms with Crippen LogP contribution in [0.25, 0.3) is 10.2 Å². The standard InChI is InChI=1S/C19H18FN3S2/c20-14-5-1-2-6-15(14)22-19(24)23-11-9-13(10-12-23)18-21-16-7-3-4-8-17(16)25-18/h1-8,13H,9-12H2,(H,22,24). The highest BCUT2D eigenvalue weighted by Gasteiger charge is 2.24. The Kier molecular flexibility index (Phi) is 4.63. The second kappa shape index (κ2) is 7.06. The Hall–Kier alpha value is -2.05. The number of para-hydroxylation sites is 2. The quantitative estimate of drug-likeness (QED) is 0.641. The van der Waals surface area contributed by atoms with Gasteiger partial charge in [-0.2, -0.15) is 0 Å². The Bertz CT molecular complexity index is 867. The van der Waals surface area contributed by atoms with E-state index in [0.29, 0.717) is 16.7 Å². The van der Waals surface area contributed by atoms with Gasteiger partial charge in [0.2, 0.25) is 0 Å². The van der Waals surface area contributed by atoms with E-state index in [1.54, 1.807) is 29.5 Å². The number of hydrogen-bond donors (Lipinski definition) is 1. The van der Waals surface area contributed by atoms with Crippen molar-refractivity contribution in [1.82, 2.24) is 9.88 Å². The lowest BCUT2D eigenvalue weighted by atomic mass is 9.98. The summed E-state index contributed by atoms with van der Waals surface area (Å²) in [5.74, 6) is 0.194. The predicted octanol–water partition coefficient (Wildman–Crippen LogP) is 5.01. The first-order chi connectivity index (χ1) is 12.2. The van der Waals surface area contributed by atoms with Crippen LogP contribution in [0.2, 0.25) is 0 Å². The molecule has 1 fully saturated rings. The fraction of sp³-hybridized carbons (Fsp3) is 0.263. The van der Waals surface area contributed by atoms with Crippen molar-refractivity contribution in [3.8, 4) is 0 Å². The summed E-state index contributed by atoms with van der Waals surface area (Å²) in [7, 11) is 0. The smallest absolute Gasteiger partial charge is 0.173 e. The largest absolute Gasteiger partial charge is 0.349 e. The molecule has 6 heteroatoms. The summed E-state index contributed by atoms with van der Waals surface area (Å²) in [5.41, 5.74) is 1.52. The third-order valence-corrected chi connectivity index (χ3v) is 6.12. The van der Waals surface area contributed by atoms with Crippen LogP contribution < -0.4 is 5.32 Å². The van der Waals surface area contributed by atoms with E-state index in [0.717, 1.165) is 31.4 Å². The first-order valence-corrected chi connectivity index (χ1v) is 9.59. The van der Waals surface area contributed by atoms with Crippen molar-refractivity contribution in [2.24, 2.45) is 0 Å². The number of hydrogen-bond acceptors (Lipinski definition) is 3. The van der Waals surface area contributed by atoms with Crippen molar-refractivity contribution >= 4 is 44.6 Å². The van der Waals surface area contributed by atoms with E-state index in [9.17, 15) is 4.39 Å². The Morgan fingerprint density at radius 3 is 2.60 bits per heavy atom. The molecular weight excluding hydrogens is 353 g/mol. The van der Waals surface area contributed by atoms with Crippen LogP contribution in [0.5, 0.6) is 0 Å². The lowest BCUT2D eigenvalue weighted by molar-refractivity contribution is 0.316. The molecule has 0 atom stereocenters. The fourth-order valence-corrected chi connectivity index (χ4v) is 4.58. The second-order valence-corrected chi connectivity index (χ2v) is 7.64. The Morgan fingerprint density at radius 1 is 1.12 bits per heavy atom. The number of nitrogens with zero attached hydrogens (tertiary/aromatic N) is 2. The maximum absolute atomic E-state index is 13.8. The number of aromatic nitrogens is 1. The molecule has 0 saturated carbocycles. The van der Waals surface area contributed by atoms with Crippen LogP contribution in [0, 0.1) is 5.82 Å². The van der Waals surface area contributed by atoms with Gasteiger partial charge in [-0.3, -0.25) is 0 Å². The van der Waals surface area contributed by atoms with Gasteiger partial charge in [0.25, 0.3) is 0 Å². The van der Waals surface area contributed by atoms with Gasteiger partial charge in [0.05, 0.1) is 20.9 Å². The van der Waals surface area contributed by atoms with E-state index in [1.165, 1.54) is 15.8 Å². The molecule has 1 N–H and O–H groups in total. The summed E-state index contributed by atoms with van der Waals surface area (Å²) in [6.45, 7) is 1.72. The van der Waals surface area contributed by atoms with Gasteiger partial charge in [0, 0.05) is 19.0 Å². The number of fused-ring (bicyclic) bond motifs is 1. The van der Waals surface area contributed by atoms with Crippen molar-refractivity contribution in [3.05, 3.63) is 59.4 Å². The lowest BCUT2D eigenvalue weighted by Crippen LogP contribution is -2.40. The molecule has 2 heterocycles. The molecule has 4 rings (SSSR count). The number of likely N-dealkylation sites (tertiary alicyclic amines) is 1. The van der Waals surface area contributed by atoms with Gasteiger partial charge in [-0.15, -0.1) is 11.3 Å². The Labute approximate surface area is 155 Å². The van der Waals surface area contributed by atoms with Crippen molar-refractivity contribution in [3.63, 3.8) is 0 Å². The first kappa shape index (κ1) is 16.4. The molecule has 1 aliphatic heterocycles. The minimum Gasteiger partial charge on any atom is -0.349 e. The predicted molar refractivity (Wildman–Crippen MR) is 106 cm³/mol. The number of thiocarbonyl (C=S) groups is 1. The van der Waals surface area contributed by atoms with Crippen molar-refractivity contribution < 1.29 is 4.39 Å². The molecule has 128 valence electrons. The van der Waals surface area contributed by atoms with E-state index in [-0.39, 0.29) is 5.82 Å². The van der Waals surface area contributed by atoms with Crippen LogP contribution in [-0.4, -0.2) is 28.1 Å². The monoisotopic (exact) mass is 371 g/mol. The topological polar surface area (TPSA) is 28.2 Å². The highest BCUT2D eigenvalue weighted by Crippen LogP contribution is 2.33. The van der Waals surface area contributed by atoms with Crippen molar-refractivity contribution in [2.75, 3.05) is 18.4 Å². The number of nitrogens with one attached hydrogen (secondary N) is 1. The normalized spacial score (nSPS) is 15.5. The Morgan fingerprint density at radius 2 is 1.84 bits per heavy atom. The minimum absolute atomic E-state index is 0.283. The number of piperidine rings is 1. The van der Waals surface area contributed by atoms with Crippen LogP contribution in [-0.2, 0) is 0 Å². The summed E-state index contributed by atoms with van der Waals surface area (Å²) < 4.78 is 15.0. The van der Waals surface area contributed by atoms with Crippen LogP contribution in [0.1, 0.15) is 23.8 Å². The molecule has 1 saturated heterocycles. The number of benzene rings is 2. The van der Waals surface area contributed by atoms with Crippen LogP contribution >= 0.6 is 23.6 Å². The maximum atomic E-state index is 13.8. The number of halogens is 1. The van der Waals surface area contributed by atoms with Gasteiger partial charge < -0.3 is 10.2 Å². The van der Waals surface area contributed by atoms with Gasteiger partial charge in [-0.1, -0.05) is 24.3 Å². The molecule has 0 unspecified atom stereocenters. The molecule has 0 spiro atoms. The second-order valence-electron chi connectivity index (χ2n) is 6.19. The average Bonchev–Trinajstić information content (AvgIpc) is 3.08. The molecular formula is C19H18FN3S2.